The Morgan fingerprint density at radius 3 is 2.81 bits per heavy atom. The molecule has 0 bridgehead atoms. The van der Waals surface area contributed by atoms with Crippen LogP contribution in [-0.2, 0) is 11.3 Å². The summed E-state index contributed by atoms with van der Waals surface area (Å²) < 4.78 is 5.95. The SMILES string of the molecule is Cc1ccc(COC2CCCNCC2)cc1. The van der Waals surface area contributed by atoms with Crippen LogP contribution in [0.4, 0.5) is 0 Å². The molecule has 2 rings (SSSR count). The summed E-state index contributed by atoms with van der Waals surface area (Å²) in [6, 6.07) is 8.61. The van der Waals surface area contributed by atoms with Gasteiger partial charge in [-0.15, -0.1) is 0 Å². The third kappa shape index (κ3) is 3.62. The lowest BCUT2D eigenvalue weighted by Crippen LogP contribution is -2.17. The van der Waals surface area contributed by atoms with Crippen molar-refractivity contribution in [2.45, 2.75) is 38.9 Å². The standard InChI is InChI=1S/C14H21NO/c1-12-4-6-13(7-5-12)11-16-14-3-2-9-15-10-8-14/h4-7,14-15H,2-3,8-11H2,1H3. The minimum Gasteiger partial charge on any atom is -0.373 e. The number of ether oxygens (including phenoxy) is 1. The van der Waals surface area contributed by atoms with Gasteiger partial charge in [-0.3, -0.25) is 0 Å². The largest absolute Gasteiger partial charge is 0.373 e. The van der Waals surface area contributed by atoms with E-state index in [1.54, 1.807) is 0 Å². The second-order valence-electron chi connectivity index (χ2n) is 4.60. The van der Waals surface area contributed by atoms with Crippen LogP contribution < -0.4 is 5.32 Å². The molecule has 1 fully saturated rings. The lowest BCUT2D eigenvalue weighted by Gasteiger charge is -2.15. The monoisotopic (exact) mass is 219 g/mol. The Kier molecular flexibility index (Phi) is 4.37. The van der Waals surface area contributed by atoms with E-state index in [-0.39, 0.29) is 0 Å². The third-order valence-corrected chi connectivity index (χ3v) is 3.13. The number of nitrogens with one attached hydrogen (secondary N) is 1. The molecule has 16 heavy (non-hydrogen) atoms. The van der Waals surface area contributed by atoms with Crippen LogP contribution in [0.1, 0.15) is 30.4 Å². The predicted molar refractivity (Wildman–Crippen MR) is 66.5 cm³/mol. The van der Waals surface area contributed by atoms with Gasteiger partial charge in [-0.25, -0.2) is 0 Å². The fraction of sp³-hybridized carbons (Fsp3) is 0.571. The van der Waals surface area contributed by atoms with Gasteiger partial charge in [-0.05, 0) is 44.8 Å². The first-order valence-corrected chi connectivity index (χ1v) is 6.22. The molecule has 1 unspecified atom stereocenters. The molecule has 2 nitrogen and oxygen atoms in total. The van der Waals surface area contributed by atoms with Crippen molar-refractivity contribution < 1.29 is 4.74 Å². The van der Waals surface area contributed by atoms with Crippen LogP contribution >= 0.6 is 0 Å². The van der Waals surface area contributed by atoms with Gasteiger partial charge in [0, 0.05) is 0 Å². The highest BCUT2D eigenvalue weighted by atomic mass is 16.5. The topological polar surface area (TPSA) is 21.3 Å². The van der Waals surface area contributed by atoms with E-state index in [1.165, 1.54) is 24.0 Å². The van der Waals surface area contributed by atoms with Crippen LogP contribution in [-0.4, -0.2) is 19.2 Å². The lowest BCUT2D eigenvalue weighted by atomic mass is 10.1. The van der Waals surface area contributed by atoms with Gasteiger partial charge in [0.15, 0.2) is 0 Å². The molecule has 0 amide bonds. The summed E-state index contributed by atoms with van der Waals surface area (Å²) in [6.45, 7) is 5.11. The van der Waals surface area contributed by atoms with Crippen LogP contribution in [0.5, 0.6) is 0 Å². The molecule has 0 radical (unpaired) electrons. The zero-order valence-electron chi connectivity index (χ0n) is 10.0. The van der Waals surface area contributed by atoms with Gasteiger partial charge >= 0.3 is 0 Å². The lowest BCUT2D eigenvalue weighted by molar-refractivity contribution is 0.0331. The number of hydrogen-bond acceptors (Lipinski definition) is 2. The predicted octanol–water partition coefficient (Wildman–Crippen LogP) is 2.65. The highest BCUT2D eigenvalue weighted by Gasteiger charge is 2.11. The molecule has 0 saturated carbocycles. The van der Waals surface area contributed by atoms with Crippen LogP contribution in [0, 0.1) is 6.92 Å². The molecule has 2 heteroatoms. The van der Waals surface area contributed by atoms with Crippen molar-refractivity contribution in [1.82, 2.24) is 5.32 Å². The zero-order valence-corrected chi connectivity index (χ0v) is 10.0. The maximum absolute atomic E-state index is 5.95. The molecule has 1 heterocycles. The quantitative estimate of drug-likeness (QED) is 0.844. The summed E-state index contributed by atoms with van der Waals surface area (Å²) in [5.74, 6) is 0. The van der Waals surface area contributed by atoms with Crippen LogP contribution in [0.2, 0.25) is 0 Å². The van der Waals surface area contributed by atoms with Gasteiger partial charge in [0.25, 0.3) is 0 Å². The van der Waals surface area contributed by atoms with E-state index >= 15 is 0 Å². The summed E-state index contributed by atoms with van der Waals surface area (Å²) in [6.07, 6.45) is 4.01. The van der Waals surface area contributed by atoms with Crippen molar-refractivity contribution in [2.75, 3.05) is 13.1 Å². The highest BCUT2D eigenvalue weighted by Crippen LogP contribution is 2.12. The minimum atomic E-state index is 0.441. The smallest absolute Gasteiger partial charge is 0.0720 e. The van der Waals surface area contributed by atoms with Crippen LogP contribution in [0.15, 0.2) is 24.3 Å². The van der Waals surface area contributed by atoms with Crippen molar-refractivity contribution in [3.8, 4) is 0 Å². The van der Waals surface area contributed by atoms with Crippen LogP contribution in [0.3, 0.4) is 0 Å². The van der Waals surface area contributed by atoms with Gasteiger partial charge < -0.3 is 10.1 Å². The maximum atomic E-state index is 5.95. The van der Waals surface area contributed by atoms with Crippen molar-refractivity contribution >= 4 is 0 Å². The average molecular weight is 219 g/mol. The first-order valence-electron chi connectivity index (χ1n) is 6.22. The Hall–Kier alpha value is -0.860. The normalized spacial score (nSPS) is 21.7. The number of aryl methyl sites for hydroxylation is 1. The Morgan fingerprint density at radius 2 is 2.00 bits per heavy atom. The summed E-state index contributed by atoms with van der Waals surface area (Å²) in [7, 11) is 0. The molecular formula is C14H21NO. The van der Waals surface area contributed by atoms with Gasteiger partial charge in [0.1, 0.15) is 0 Å². The molecule has 88 valence electrons. The van der Waals surface area contributed by atoms with Gasteiger partial charge in [-0.2, -0.15) is 0 Å². The van der Waals surface area contributed by atoms with E-state index in [4.69, 9.17) is 4.74 Å². The molecule has 1 atom stereocenters. The van der Waals surface area contributed by atoms with E-state index in [9.17, 15) is 0 Å². The summed E-state index contributed by atoms with van der Waals surface area (Å²) in [4.78, 5) is 0. The molecule has 1 saturated heterocycles. The van der Waals surface area contributed by atoms with Crippen molar-refractivity contribution in [1.29, 1.82) is 0 Å². The summed E-state index contributed by atoms with van der Waals surface area (Å²) >= 11 is 0. The molecule has 0 spiro atoms. The van der Waals surface area contributed by atoms with Gasteiger partial charge in [0.2, 0.25) is 0 Å². The van der Waals surface area contributed by atoms with Crippen molar-refractivity contribution in [3.63, 3.8) is 0 Å². The third-order valence-electron chi connectivity index (χ3n) is 3.13. The second-order valence-corrected chi connectivity index (χ2v) is 4.60. The van der Waals surface area contributed by atoms with Gasteiger partial charge in [-0.1, -0.05) is 29.8 Å². The average Bonchev–Trinajstić information content (AvgIpc) is 2.57. The minimum absolute atomic E-state index is 0.441. The maximum Gasteiger partial charge on any atom is 0.0720 e. The van der Waals surface area contributed by atoms with Crippen molar-refractivity contribution in [2.24, 2.45) is 0 Å². The molecule has 1 aliphatic rings. The molecule has 0 aromatic heterocycles. The summed E-state index contributed by atoms with van der Waals surface area (Å²) in [5.41, 5.74) is 2.59. The summed E-state index contributed by atoms with van der Waals surface area (Å²) in [5, 5.41) is 3.40. The molecule has 1 aliphatic heterocycles. The first kappa shape index (κ1) is 11.6. The Morgan fingerprint density at radius 1 is 1.19 bits per heavy atom. The van der Waals surface area contributed by atoms with E-state index in [0.29, 0.717) is 6.10 Å². The Balaban J connectivity index is 1.79. The van der Waals surface area contributed by atoms with E-state index in [0.717, 1.165) is 26.1 Å². The zero-order chi connectivity index (χ0) is 11.2. The molecule has 1 N–H and O–H groups in total. The van der Waals surface area contributed by atoms with Gasteiger partial charge in [0.05, 0.1) is 12.7 Å². The van der Waals surface area contributed by atoms with E-state index in [2.05, 4.69) is 36.5 Å². The molecular weight excluding hydrogens is 198 g/mol. The Bertz CT molecular complexity index is 299. The highest BCUT2D eigenvalue weighted by molar-refractivity contribution is 5.20. The van der Waals surface area contributed by atoms with Crippen molar-refractivity contribution in [3.05, 3.63) is 35.4 Å². The van der Waals surface area contributed by atoms with Crippen LogP contribution in [0.25, 0.3) is 0 Å². The first-order chi connectivity index (χ1) is 7.84. The number of benzene rings is 1. The number of rotatable bonds is 3. The Labute approximate surface area is 98.0 Å². The number of hydrogen-bond donors (Lipinski definition) is 1. The second kappa shape index (κ2) is 6.02. The molecule has 0 aliphatic carbocycles. The molecule has 1 aromatic rings. The fourth-order valence-electron chi connectivity index (χ4n) is 2.05. The fourth-order valence-corrected chi connectivity index (χ4v) is 2.05. The van der Waals surface area contributed by atoms with E-state index in [1.807, 2.05) is 0 Å². The van der Waals surface area contributed by atoms with E-state index < -0.39 is 0 Å². The molecule has 1 aromatic carbocycles.